The van der Waals surface area contributed by atoms with Crippen molar-refractivity contribution >= 4 is 5.69 Å². The molecule has 0 radical (unpaired) electrons. The number of benzene rings is 4. The summed E-state index contributed by atoms with van der Waals surface area (Å²) in [5.41, 5.74) is 10.2. The molecule has 132 valence electrons. The van der Waals surface area contributed by atoms with Crippen LogP contribution in [0.25, 0.3) is 27.1 Å². The van der Waals surface area contributed by atoms with Crippen LogP contribution >= 0.6 is 0 Å². The number of fused-ring (bicyclic) bond motifs is 10. The zero-order valence-corrected chi connectivity index (χ0v) is 15.5. The molecule has 0 fully saturated rings. The van der Waals surface area contributed by atoms with Gasteiger partial charge < -0.3 is 0 Å². The molecule has 0 N–H and O–H groups in total. The van der Waals surface area contributed by atoms with Crippen LogP contribution in [0.5, 0.6) is 0 Å². The van der Waals surface area contributed by atoms with E-state index in [1.165, 1.54) is 22.3 Å². The molecule has 4 aromatic rings. The second-order valence-electron chi connectivity index (χ2n) is 7.56. The SMILES string of the molecule is [C-]#[N+]c1ccc2c(c1)C1(c3ccccc3-c3ccccc31)c1cc(C#N)ccc1-2. The molecule has 1 spiro atoms. The maximum Gasteiger partial charge on any atom is 0.187 e. The Balaban J connectivity index is 1.87. The summed E-state index contributed by atoms with van der Waals surface area (Å²) in [6, 6.07) is 31.3. The van der Waals surface area contributed by atoms with Crippen molar-refractivity contribution in [1.82, 2.24) is 0 Å². The van der Waals surface area contributed by atoms with Crippen LogP contribution in [-0.2, 0) is 5.41 Å². The molecule has 2 nitrogen and oxygen atoms in total. The number of nitrogens with zero attached hydrogens (tertiary/aromatic N) is 2. The van der Waals surface area contributed by atoms with Gasteiger partial charge in [-0.15, -0.1) is 0 Å². The van der Waals surface area contributed by atoms with E-state index in [0.717, 1.165) is 22.3 Å². The van der Waals surface area contributed by atoms with Crippen LogP contribution in [0.1, 0.15) is 27.8 Å². The lowest BCUT2D eigenvalue weighted by Crippen LogP contribution is -2.25. The van der Waals surface area contributed by atoms with Gasteiger partial charge in [0, 0.05) is 0 Å². The van der Waals surface area contributed by atoms with Gasteiger partial charge in [0.05, 0.1) is 23.6 Å². The molecule has 2 heteroatoms. The molecule has 0 amide bonds. The molecule has 0 saturated carbocycles. The van der Waals surface area contributed by atoms with Crippen molar-refractivity contribution in [2.24, 2.45) is 0 Å². The normalized spacial score (nSPS) is 13.7. The third kappa shape index (κ3) is 1.79. The monoisotopic (exact) mass is 366 g/mol. The molecular weight excluding hydrogens is 352 g/mol. The smallest absolute Gasteiger partial charge is 0.187 e. The first-order valence-electron chi connectivity index (χ1n) is 9.55. The molecule has 6 rings (SSSR count). The fourth-order valence-corrected chi connectivity index (χ4v) is 5.27. The van der Waals surface area contributed by atoms with Crippen LogP contribution in [0.15, 0.2) is 84.9 Å². The molecule has 0 aliphatic heterocycles. The van der Waals surface area contributed by atoms with Gasteiger partial charge in [0.2, 0.25) is 0 Å². The summed E-state index contributed by atoms with van der Waals surface area (Å²) in [6.45, 7) is 7.56. The van der Waals surface area contributed by atoms with Crippen molar-refractivity contribution in [2.45, 2.75) is 5.41 Å². The first-order chi connectivity index (χ1) is 14.3. The van der Waals surface area contributed by atoms with E-state index in [-0.39, 0.29) is 0 Å². The summed E-state index contributed by atoms with van der Waals surface area (Å²) in [6.07, 6.45) is 0. The molecule has 0 aromatic heterocycles. The predicted octanol–water partition coefficient (Wildman–Crippen LogP) is 6.45. The van der Waals surface area contributed by atoms with Gasteiger partial charge in [0.25, 0.3) is 0 Å². The fraction of sp³-hybridized carbons (Fsp3) is 0.0370. The summed E-state index contributed by atoms with van der Waals surface area (Å²) in [5.74, 6) is 0. The molecule has 2 aliphatic rings. The van der Waals surface area contributed by atoms with E-state index >= 15 is 0 Å². The van der Waals surface area contributed by atoms with Crippen LogP contribution in [0.3, 0.4) is 0 Å². The third-order valence-corrected chi connectivity index (χ3v) is 6.33. The standard InChI is InChI=1S/C27H14N2/c1-29-18-11-13-22-21-12-10-17(16-28)14-25(21)27(26(22)15-18)23-8-4-2-6-19(23)20-7-3-5-9-24(20)27/h2-15H. The van der Waals surface area contributed by atoms with Crippen molar-refractivity contribution in [3.63, 3.8) is 0 Å². The van der Waals surface area contributed by atoms with E-state index in [1.54, 1.807) is 0 Å². The Morgan fingerprint density at radius 1 is 0.655 bits per heavy atom. The summed E-state index contributed by atoms with van der Waals surface area (Å²) in [4.78, 5) is 3.71. The average molecular weight is 366 g/mol. The first-order valence-corrected chi connectivity index (χ1v) is 9.55. The van der Waals surface area contributed by atoms with E-state index in [2.05, 4.69) is 71.6 Å². The Morgan fingerprint density at radius 2 is 1.21 bits per heavy atom. The first kappa shape index (κ1) is 15.9. The Bertz CT molecular complexity index is 1320. The molecule has 0 heterocycles. The second kappa shape index (κ2) is 5.44. The van der Waals surface area contributed by atoms with Gasteiger partial charge in [-0.1, -0.05) is 72.8 Å². The fourth-order valence-electron chi connectivity index (χ4n) is 5.27. The molecule has 29 heavy (non-hydrogen) atoms. The van der Waals surface area contributed by atoms with Gasteiger partial charge in [-0.3, -0.25) is 0 Å². The minimum atomic E-state index is -0.495. The van der Waals surface area contributed by atoms with E-state index in [1.807, 2.05) is 24.3 Å². The van der Waals surface area contributed by atoms with Gasteiger partial charge in [-0.2, -0.15) is 5.26 Å². The summed E-state index contributed by atoms with van der Waals surface area (Å²) >= 11 is 0. The minimum Gasteiger partial charge on any atom is -0.238 e. The maximum absolute atomic E-state index is 9.60. The molecule has 0 saturated heterocycles. The number of hydrogen-bond donors (Lipinski definition) is 0. The topological polar surface area (TPSA) is 28.1 Å². The highest BCUT2D eigenvalue weighted by molar-refractivity contribution is 5.95. The summed E-state index contributed by atoms with van der Waals surface area (Å²) in [7, 11) is 0. The van der Waals surface area contributed by atoms with Gasteiger partial charge >= 0.3 is 0 Å². The number of hydrogen-bond acceptors (Lipinski definition) is 1. The lowest BCUT2D eigenvalue weighted by atomic mass is 9.70. The van der Waals surface area contributed by atoms with Gasteiger partial charge in [0.15, 0.2) is 5.69 Å². The third-order valence-electron chi connectivity index (χ3n) is 6.33. The van der Waals surface area contributed by atoms with Crippen molar-refractivity contribution in [3.8, 4) is 28.3 Å². The minimum absolute atomic E-state index is 0.495. The van der Waals surface area contributed by atoms with E-state index in [4.69, 9.17) is 6.57 Å². The van der Waals surface area contributed by atoms with Gasteiger partial charge in [0.1, 0.15) is 0 Å². The van der Waals surface area contributed by atoms with Crippen LogP contribution < -0.4 is 0 Å². The lowest BCUT2D eigenvalue weighted by molar-refractivity contribution is 0.794. The summed E-state index contributed by atoms with van der Waals surface area (Å²) in [5, 5.41) is 9.60. The Hall–Kier alpha value is -4.14. The lowest BCUT2D eigenvalue weighted by Gasteiger charge is -2.30. The van der Waals surface area contributed by atoms with E-state index < -0.39 is 5.41 Å². The number of rotatable bonds is 0. The quantitative estimate of drug-likeness (QED) is 0.284. The Labute approximate surface area is 169 Å². The predicted molar refractivity (Wildman–Crippen MR) is 114 cm³/mol. The summed E-state index contributed by atoms with van der Waals surface area (Å²) < 4.78 is 0. The zero-order valence-electron chi connectivity index (χ0n) is 15.5. The molecule has 2 aliphatic carbocycles. The van der Waals surface area contributed by atoms with Crippen molar-refractivity contribution in [2.75, 3.05) is 0 Å². The molecule has 0 atom stereocenters. The molecule has 0 bridgehead atoms. The average Bonchev–Trinajstić information content (AvgIpc) is 3.25. The van der Waals surface area contributed by atoms with Crippen molar-refractivity contribution in [3.05, 3.63) is 124 Å². The maximum atomic E-state index is 9.60. The molecular formula is C27H14N2. The highest BCUT2D eigenvalue weighted by atomic mass is 14.6. The highest BCUT2D eigenvalue weighted by Crippen LogP contribution is 2.63. The molecule has 4 aromatic carbocycles. The van der Waals surface area contributed by atoms with E-state index in [0.29, 0.717) is 11.3 Å². The Kier molecular flexibility index (Phi) is 2.98. The zero-order chi connectivity index (χ0) is 19.6. The van der Waals surface area contributed by atoms with Gasteiger partial charge in [-0.25, -0.2) is 4.85 Å². The van der Waals surface area contributed by atoms with Crippen molar-refractivity contribution < 1.29 is 0 Å². The Morgan fingerprint density at radius 3 is 1.83 bits per heavy atom. The van der Waals surface area contributed by atoms with Crippen LogP contribution in [0, 0.1) is 17.9 Å². The number of nitriles is 1. The van der Waals surface area contributed by atoms with E-state index in [9.17, 15) is 5.26 Å². The largest absolute Gasteiger partial charge is 0.238 e. The van der Waals surface area contributed by atoms with Crippen LogP contribution in [0.2, 0.25) is 0 Å². The van der Waals surface area contributed by atoms with Crippen LogP contribution in [0.4, 0.5) is 5.69 Å². The van der Waals surface area contributed by atoms with Crippen molar-refractivity contribution in [1.29, 1.82) is 5.26 Å². The van der Waals surface area contributed by atoms with Gasteiger partial charge in [-0.05, 0) is 56.6 Å². The van der Waals surface area contributed by atoms with Crippen LogP contribution in [-0.4, -0.2) is 0 Å². The second-order valence-corrected chi connectivity index (χ2v) is 7.56. The highest BCUT2D eigenvalue weighted by Gasteiger charge is 2.51. The molecule has 0 unspecified atom stereocenters.